The van der Waals surface area contributed by atoms with E-state index >= 15 is 0 Å². The second kappa shape index (κ2) is 3.03. The zero-order valence-electron chi connectivity index (χ0n) is 6.52. The first-order chi connectivity index (χ1) is 6.25. The van der Waals surface area contributed by atoms with Crippen LogP contribution in [0.2, 0.25) is 0 Å². The van der Waals surface area contributed by atoms with Crippen molar-refractivity contribution in [3.8, 4) is 0 Å². The van der Waals surface area contributed by atoms with Crippen molar-refractivity contribution in [3.63, 3.8) is 0 Å². The third-order valence-corrected chi connectivity index (χ3v) is 1.36. The number of rotatable bonds is 1. The zero-order chi connectivity index (χ0) is 11.0. The molecule has 3 nitrogen and oxygen atoms in total. The SMILES string of the molecule is Nc1ccc(C(F)(F)C(F)(F)F)nn1. The molecule has 1 aromatic heterocycles. The number of nitrogens with two attached hydrogens (primary N) is 1. The normalized spacial score (nSPS) is 12.9. The number of alkyl halides is 5. The number of hydrogen-bond donors (Lipinski definition) is 1. The summed E-state index contributed by atoms with van der Waals surface area (Å²) in [5.74, 6) is -5.24. The summed E-state index contributed by atoms with van der Waals surface area (Å²) in [6.07, 6.45) is -5.68. The Morgan fingerprint density at radius 3 is 1.93 bits per heavy atom. The van der Waals surface area contributed by atoms with Crippen LogP contribution in [0.15, 0.2) is 12.1 Å². The summed E-state index contributed by atoms with van der Waals surface area (Å²) in [6.45, 7) is 0. The molecule has 0 saturated heterocycles. The van der Waals surface area contributed by atoms with Gasteiger partial charge in [-0.25, -0.2) is 0 Å². The molecule has 0 bridgehead atoms. The molecule has 0 unspecified atom stereocenters. The highest BCUT2D eigenvalue weighted by atomic mass is 19.4. The van der Waals surface area contributed by atoms with Crippen LogP contribution in [0.1, 0.15) is 5.69 Å². The minimum Gasteiger partial charge on any atom is -0.382 e. The quantitative estimate of drug-likeness (QED) is 0.722. The van der Waals surface area contributed by atoms with E-state index in [4.69, 9.17) is 5.73 Å². The van der Waals surface area contributed by atoms with Crippen molar-refractivity contribution in [3.05, 3.63) is 17.8 Å². The van der Waals surface area contributed by atoms with Crippen molar-refractivity contribution in [2.24, 2.45) is 0 Å². The average Bonchev–Trinajstić information content (AvgIpc) is 2.03. The van der Waals surface area contributed by atoms with E-state index in [0.29, 0.717) is 6.07 Å². The van der Waals surface area contributed by atoms with Gasteiger partial charge in [0.05, 0.1) is 0 Å². The highest BCUT2D eigenvalue weighted by Crippen LogP contribution is 2.42. The largest absolute Gasteiger partial charge is 0.459 e. The fraction of sp³-hybridized carbons (Fsp3) is 0.333. The van der Waals surface area contributed by atoms with Gasteiger partial charge in [0, 0.05) is 0 Å². The predicted molar refractivity (Wildman–Crippen MR) is 36.4 cm³/mol. The first-order valence-corrected chi connectivity index (χ1v) is 3.29. The molecule has 0 aliphatic rings. The number of halogens is 5. The topological polar surface area (TPSA) is 51.8 Å². The van der Waals surface area contributed by atoms with Crippen LogP contribution in [0.5, 0.6) is 0 Å². The Hall–Kier alpha value is -1.47. The Morgan fingerprint density at radius 1 is 1.00 bits per heavy atom. The molecule has 1 heterocycles. The monoisotopic (exact) mass is 213 g/mol. The second-order valence-corrected chi connectivity index (χ2v) is 2.42. The van der Waals surface area contributed by atoms with Gasteiger partial charge in [-0.2, -0.15) is 22.0 Å². The molecule has 0 amide bonds. The molecule has 8 heteroatoms. The zero-order valence-corrected chi connectivity index (χ0v) is 6.52. The molecule has 14 heavy (non-hydrogen) atoms. The van der Waals surface area contributed by atoms with Gasteiger partial charge in [-0.05, 0) is 12.1 Å². The highest BCUT2D eigenvalue weighted by Gasteiger charge is 2.60. The van der Waals surface area contributed by atoms with Crippen LogP contribution >= 0.6 is 0 Å². The van der Waals surface area contributed by atoms with Gasteiger partial charge in [0.2, 0.25) is 0 Å². The molecule has 0 fully saturated rings. The van der Waals surface area contributed by atoms with Crippen LogP contribution in [0, 0.1) is 0 Å². The molecule has 0 atom stereocenters. The van der Waals surface area contributed by atoms with E-state index in [1.54, 1.807) is 0 Å². The van der Waals surface area contributed by atoms with E-state index in [0.717, 1.165) is 6.07 Å². The summed E-state index contributed by atoms with van der Waals surface area (Å²) in [4.78, 5) is 0. The van der Waals surface area contributed by atoms with Crippen LogP contribution < -0.4 is 5.73 Å². The van der Waals surface area contributed by atoms with Gasteiger partial charge in [0.1, 0.15) is 11.5 Å². The molecule has 0 spiro atoms. The Balaban J connectivity index is 3.10. The molecule has 1 aromatic rings. The molecule has 0 radical (unpaired) electrons. The van der Waals surface area contributed by atoms with Gasteiger partial charge < -0.3 is 5.73 Å². The Kier molecular flexibility index (Phi) is 2.30. The highest BCUT2D eigenvalue weighted by molar-refractivity contribution is 5.27. The summed E-state index contributed by atoms with van der Waals surface area (Å²) in [6, 6.07) is 1.30. The standard InChI is InChI=1S/C6H4F5N3/c7-5(8,6(9,10)11)3-1-2-4(12)14-13-3/h1-2H,(H2,12,14). The van der Waals surface area contributed by atoms with Crippen molar-refractivity contribution in [1.29, 1.82) is 0 Å². The van der Waals surface area contributed by atoms with Gasteiger partial charge in [0.25, 0.3) is 0 Å². The van der Waals surface area contributed by atoms with E-state index in [-0.39, 0.29) is 5.82 Å². The first kappa shape index (κ1) is 10.6. The number of anilines is 1. The van der Waals surface area contributed by atoms with Crippen LogP contribution in [0.25, 0.3) is 0 Å². The lowest BCUT2D eigenvalue weighted by Gasteiger charge is -2.17. The Bertz CT molecular complexity index is 317. The van der Waals surface area contributed by atoms with E-state index in [9.17, 15) is 22.0 Å². The minimum atomic E-state index is -5.68. The Morgan fingerprint density at radius 2 is 1.57 bits per heavy atom. The van der Waals surface area contributed by atoms with Crippen molar-refractivity contribution in [2.75, 3.05) is 5.73 Å². The van der Waals surface area contributed by atoms with E-state index in [2.05, 4.69) is 10.2 Å². The third-order valence-electron chi connectivity index (χ3n) is 1.36. The molecule has 78 valence electrons. The molecule has 0 aliphatic carbocycles. The molecule has 2 N–H and O–H groups in total. The van der Waals surface area contributed by atoms with Crippen LogP contribution in [0.4, 0.5) is 27.8 Å². The Labute approximate surface area is 74.7 Å². The van der Waals surface area contributed by atoms with E-state index < -0.39 is 17.8 Å². The summed E-state index contributed by atoms with van der Waals surface area (Å²) in [5, 5.41) is 5.58. The molecular formula is C6H4F5N3. The molecule has 0 aliphatic heterocycles. The number of hydrogen-bond acceptors (Lipinski definition) is 3. The second-order valence-electron chi connectivity index (χ2n) is 2.42. The van der Waals surface area contributed by atoms with Crippen molar-refractivity contribution < 1.29 is 22.0 Å². The van der Waals surface area contributed by atoms with Gasteiger partial charge in [-0.3, -0.25) is 0 Å². The molecule has 0 aromatic carbocycles. The van der Waals surface area contributed by atoms with Crippen LogP contribution in [-0.4, -0.2) is 16.4 Å². The summed E-state index contributed by atoms with van der Waals surface area (Å²) in [5.41, 5.74) is 3.51. The maximum Gasteiger partial charge on any atom is 0.459 e. The van der Waals surface area contributed by atoms with E-state index in [1.165, 1.54) is 0 Å². The fourth-order valence-electron chi connectivity index (χ4n) is 0.655. The predicted octanol–water partition coefficient (Wildman–Crippen LogP) is 1.71. The van der Waals surface area contributed by atoms with Crippen molar-refractivity contribution >= 4 is 5.82 Å². The van der Waals surface area contributed by atoms with Crippen LogP contribution in [-0.2, 0) is 5.92 Å². The molecule has 1 rings (SSSR count). The number of nitrogen functional groups attached to an aromatic ring is 1. The average molecular weight is 213 g/mol. The van der Waals surface area contributed by atoms with Gasteiger partial charge in [-0.1, -0.05) is 0 Å². The van der Waals surface area contributed by atoms with E-state index in [1.807, 2.05) is 0 Å². The van der Waals surface area contributed by atoms with Crippen molar-refractivity contribution in [1.82, 2.24) is 10.2 Å². The van der Waals surface area contributed by atoms with Gasteiger partial charge in [-0.15, -0.1) is 10.2 Å². The van der Waals surface area contributed by atoms with Gasteiger partial charge in [0.15, 0.2) is 0 Å². The first-order valence-electron chi connectivity index (χ1n) is 3.29. The maximum atomic E-state index is 12.5. The van der Waals surface area contributed by atoms with Gasteiger partial charge >= 0.3 is 12.1 Å². The smallest absolute Gasteiger partial charge is 0.382 e. The summed E-state index contributed by atoms with van der Waals surface area (Å²) >= 11 is 0. The van der Waals surface area contributed by atoms with Crippen molar-refractivity contribution in [2.45, 2.75) is 12.1 Å². The third kappa shape index (κ3) is 1.73. The number of nitrogens with zero attached hydrogens (tertiary/aromatic N) is 2. The summed E-state index contributed by atoms with van der Waals surface area (Å²) < 4.78 is 60.4. The lowest BCUT2D eigenvalue weighted by atomic mass is 10.2. The summed E-state index contributed by atoms with van der Waals surface area (Å²) in [7, 11) is 0. The maximum absolute atomic E-state index is 12.5. The molecular weight excluding hydrogens is 209 g/mol. The number of aromatic nitrogens is 2. The lowest BCUT2D eigenvalue weighted by molar-refractivity contribution is -0.291. The van der Waals surface area contributed by atoms with Crippen LogP contribution in [0.3, 0.4) is 0 Å². The molecule has 0 saturated carbocycles. The lowest BCUT2D eigenvalue weighted by Crippen LogP contribution is -2.34. The minimum absolute atomic E-state index is 0.230. The fourth-order valence-corrected chi connectivity index (χ4v) is 0.655.